The Bertz CT molecular complexity index is 842. The van der Waals surface area contributed by atoms with Crippen LogP contribution in [-0.4, -0.2) is 43.3 Å². The van der Waals surface area contributed by atoms with Crippen molar-refractivity contribution in [2.45, 2.75) is 84.5 Å². The van der Waals surface area contributed by atoms with Crippen molar-refractivity contribution >= 4 is 5.97 Å². The first-order valence-electron chi connectivity index (χ1n) is 12.2. The fourth-order valence-corrected chi connectivity index (χ4v) is 4.21. The van der Waals surface area contributed by atoms with Gasteiger partial charge in [-0.05, 0) is 24.5 Å². The fraction of sp³-hybridized carbons (Fsp3) is 0.536. The van der Waals surface area contributed by atoms with E-state index in [0.717, 1.165) is 24.0 Å². The molecule has 0 N–H and O–H groups in total. The second kappa shape index (κ2) is 13.6. The van der Waals surface area contributed by atoms with Crippen molar-refractivity contribution in [2.24, 2.45) is 5.92 Å². The number of rotatable bonds is 12. The standard InChI is InChI=1S/C28H38O6/c1-5-12-20(2)33-28-21(3)26(31-17-23-13-8-6-9-14-23)27(25(34-28)19-30-22(4)29)32-18-24-15-10-7-11-16-24/h6-11,13-16,20-21,25-28H,5,12,17-19H2,1-4H3/t20?,21-,25-,26-,27-,28?/m1/s1. The van der Waals surface area contributed by atoms with Gasteiger partial charge in [-0.25, -0.2) is 0 Å². The number of hydrogen-bond donors (Lipinski definition) is 0. The maximum absolute atomic E-state index is 11.6. The number of carbonyl (C=O) groups is 1. The highest BCUT2D eigenvalue weighted by Crippen LogP contribution is 2.33. The summed E-state index contributed by atoms with van der Waals surface area (Å²) in [5.41, 5.74) is 2.13. The van der Waals surface area contributed by atoms with Gasteiger partial charge in [-0.15, -0.1) is 0 Å². The van der Waals surface area contributed by atoms with E-state index >= 15 is 0 Å². The van der Waals surface area contributed by atoms with Crippen LogP contribution in [0.2, 0.25) is 0 Å². The van der Waals surface area contributed by atoms with Crippen molar-refractivity contribution in [3.05, 3.63) is 71.8 Å². The maximum Gasteiger partial charge on any atom is 0.302 e. The molecular weight excluding hydrogens is 432 g/mol. The van der Waals surface area contributed by atoms with E-state index in [0.29, 0.717) is 13.2 Å². The molecule has 0 aliphatic carbocycles. The second-order valence-corrected chi connectivity index (χ2v) is 8.96. The van der Waals surface area contributed by atoms with Crippen molar-refractivity contribution in [1.82, 2.24) is 0 Å². The minimum absolute atomic E-state index is 0.0448. The molecule has 0 bridgehead atoms. The van der Waals surface area contributed by atoms with Gasteiger partial charge in [-0.2, -0.15) is 0 Å². The van der Waals surface area contributed by atoms with Crippen LogP contribution in [0.1, 0.15) is 51.7 Å². The molecule has 2 aromatic carbocycles. The van der Waals surface area contributed by atoms with Crippen LogP contribution in [0.5, 0.6) is 0 Å². The van der Waals surface area contributed by atoms with Crippen LogP contribution in [0.3, 0.4) is 0 Å². The van der Waals surface area contributed by atoms with Crippen LogP contribution in [-0.2, 0) is 41.7 Å². The Hall–Kier alpha value is -2.25. The molecule has 1 aliphatic heterocycles. The normalized spacial score (nSPS) is 25.6. The molecule has 1 fully saturated rings. The van der Waals surface area contributed by atoms with Gasteiger partial charge in [0.1, 0.15) is 18.8 Å². The number of hydrogen-bond acceptors (Lipinski definition) is 6. The van der Waals surface area contributed by atoms with Crippen molar-refractivity contribution in [1.29, 1.82) is 0 Å². The van der Waals surface area contributed by atoms with Gasteiger partial charge < -0.3 is 23.7 Å². The quantitative estimate of drug-likeness (QED) is 0.393. The summed E-state index contributed by atoms with van der Waals surface area (Å²) >= 11 is 0. The van der Waals surface area contributed by atoms with Gasteiger partial charge in [0, 0.05) is 12.8 Å². The van der Waals surface area contributed by atoms with Gasteiger partial charge in [0.05, 0.1) is 25.4 Å². The molecule has 2 unspecified atom stereocenters. The largest absolute Gasteiger partial charge is 0.463 e. The first-order chi connectivity index (χ1) is 16.5. The average molecular weight is 471 g/mol. The molecule has 1 saturated heterocycles. The Balaban J connectivity index is 1.81. The summed E-state index contributed by atoms with van der Waals surface area (Å²) in [5.74, 6) is -0.444. The van der Waals surface area contributed by atoms with Gasteiger partial charge in [-0.3, -0.25) is 4.79 Å². The van der Waals surface area contributed by atoms with Gasteiger partial charge >= 0.3 is 5.97 Å². The van der Waals surface area contributed by atoms with Crippen LogP contribution >= 0.6 is 0 Å². The summed E-state index contributed by atoms with van der Waals surface area (Å²) in [6.45, 7) is 8.58. The smallest absolute Gasteiger partial charge is 0.302 e. The summed E-state index contributed by atoms with van der Waals surface area (Å²) in [6, 6.07) is 20.0. The second-order valence-electron chi connectivity index (χ2n) is 8.96. The molecule has 3 rings (SSSR count). The molecule has 0 aromatic heterocycles. The van der Waals surface area contributed by atoms with E-state index in [1.807, 2.05) is 60.7 Å². The third-order valence-electron chi connectivity index (χ3n) is 6.03. The van der Waals surface area contributed by atoms with Gasteiger partial charge in [0.2, 0.25) is 0 Å². The van der Waals surface area contributed by atoms with Gasteiger partial charge in [-0.1, -0.05) is 80.9 Å². The minimum Gasteiger partial charge on any atom is -0.463 e. The predicted molar refractivity (Wildman–Crippen MR) is 130 cm³/mol. The van der Waals surface area contributed by atoms with Crippen LogP contribution in [0.4, 0.5) is 0 Å². The highest BCUT2D eigenvalue weighted by atomic mass is 16.7. The van der Waals surface area contributed by atoms with Crippen LogP contribution in [0.15, 0.2) is 60.7 Å². The number of ether oxygens (including phenoxy) is 5. The summed E-state index contributed by atoms with van der Waals surface area (Å²) in [7, 11) is 0. The van der Waals surface area contributed by atoms with Crippen LogP contribution < -0.4 is 0 Å². The Morgan fingerprint density at radius 3 is 2.03 bits per heavy atom. The molecule has 0 amide bonds. The third kappa shape index (κ3) is 7.91. The molecule has 6 atom stereocenters. The zero-order valence-corrected chi connectivity index (χ0v) is 20.7. The Kier molecular flexibility index (Phi) is 10.5. The summed E-state index contributed by atoms with van der Waals surface area (Å²) in [4.78, 5) is 11.6. The van der Waals surface area contributed by atoms with E-state index in [-0.39, 0.29) is 30.7 Å². The maximum atomic E-state index is 11.6. The zero-order chi connectivity index (χ0) is 24.3. The summed E-state index contributed by atoms with van der Waals surface area (Å²) in [5, 5.41) is 0. The average Bonchev–Trinajstić information content (AvgIpc) is 2.84. The number of esters is 1. The molecular formula is C28H38O6. The lowest BCUT2D eigenvalue weighted by atomic mass is 9.91. The summed E-state index contributed by atoms with van der Waals surface area (Å²) in [6.07, 6.45) is 0.267. The minimum atomic E-state index is -0.511. The van der Waals surface area contributed by atoms with E-state index < -0.39 is 18.5 Å². The molecule has 1 aliphatic rings. The predicted octanol–water partition coefficient (Wildman–Crippen LogP) is 5.29. The van der Waals surface area contributed by atoms with Crippen molar-refractivity contribution < 1.29 is 28.5 Å². The molecule has 1 heterocycles. The molecule has 6 nitrogen and oxygen atoms in total. The van der Waals surface area contributed by atoms with E-state index in [9.17, 15) is 4.79 Å². The van der Waals surface area contributed by atoms with E-state index in [2.05, 4.69) is 20.8 Å². The van der Waals surface area contributed by atoms with E-state index in [1.54, 1.807) is 0 Å². The van der Waals surface area contributed by atoms with Gasteiger partial charge in [0.15, 0.2) is 6.29 Å². The van der Waals surface area contributed by atoms with Crippen molar-refractivity contribution in [3.8, 4) is 0 Å². The highest BCUT2D eigenvalue weighted by molar-refractivity contribution is 5.65. The van der Waals surface area contributed by atoms with Crippen molar-refractivity contribution in [3.63, 3.8) is 0 Å². The lowest BCUT2D eigenvalue weighted by Gasteiger charge is -2.45. The topological polar surface area (TPSA) is 63.2 Å². The lowest BCUT2D eigenvalue weighted by molar-refractivity contribution is -0.309. The fourth-order valence-electron chi connectivity index (χ4n) is 4.21. The summed E-state index contributed by atoms with van der Waals surface area (Å²) < 4.78 is 30.8. The van der Waals surface area contributed by atoms with Crippen molar-refractivity contribution in [2.75, 3.05) is 6.61 Å². The molecule has 0 spiro atoms. The molecule has 186 valence electrons. The first-order valence-corrected chi connectivity index (χ1v) is 12.2. The van der Waals surface area contributed by atoms with Crippen LogP contribution in [0, 0.1) is 5.92 Å². The molecule has 6 heteroatoms. The van der Waals surface area contributed by atoms with Crippen LogP contribution in [0.25, 0.3) is 0 Å². The monoisotopic (exact) mass is 470 g/mol. The highest BCUT2D eigenvalue weighted by Gasteiger charge is 2.46. The Labute approximate surface area is 203 Å². The SMILES string of the molecule is CCCC(C)OC1O[C@H](COC(C)=O)[C@@H](OCc2ccccc2)[C@H](OCc2ccccc2)[C@H]1C. The number of carbonyl (C=O) groups excluding carboxylic acids is 1. The molecule has 0 saturated carbocycles. The zero-order valence-electron chi connectivity index (χ0n) is 20.7. The molecule has 34 heavy (non-hydrogen) atoms. The molecule has 0 radical (unpaired) electrons. The number of benzene rings is 2. The Morgan fingerprint density at radius 2 is 1.50 bits per heavy atom. The lowest BCUT2D eigenvalue weighted by Crippen LogP contribution is -2.58. The van der Waals surface area contributed by atoms with E-state index in [1.165, 1.54) is 6.92 Å². The first kappa shape index (κ1) is 26.4. The van der Waals surface area contributed by atoms with Gasteiger partial charge in [0.25, 0.3) is 0 Å². The van der Waals surface area contributed by atoms with E-state index in [4.69, 9.17) is 23.7 Å². The third-order valence-corrected chi connectivity index (χ3v) is 6.03. The Morgan fingerprint density at radius 1 is 0.941 bits per heavy atom. The molecule has 2 aromatic rings.